The molecule has 1 unspecified atom stereocenters. The number of hydrogen-bond acceptors (Lipinski definition) is 4. The first-order valence-corrected chi connectivity index (χ1v) is 8.32. The van der Waals surface area contributed by atoms with E-state index in [1.54, 1.807) is 0 Å². The molecule has 0 aromatic carbocycles. The van der Waals surface area contributed by atoms with Crippen molar-refractivity contribution in [2.75, 3.05) is 26.3 Å². The number of carbonyl (C=O) groups excluding carboxylic acids is 1. The number of nitrogens with zero attached hydrogens (tertiary/aromatic N) is 1. The quantitative estimate of drug-likeness (QED) is 0.728. The molecule has 3 nitrogen and oxygen atoms in total. The number of carbonyl (C=O) groups is 1. The molecule has 6 heteroatoms. The monoisotopic (exact) mass is 395 g/mol. The molecule has 100 valence electrons. The van der Waals surface area contributed by atoms with E-state index in [9.17, 15) is 4.79 Å². The fourth-order valence-corrected chi connectivity index (χ4v) is 4.93. The summed E-state index contributed by atoms with van der Waals surface area (Å²) in [5.74, 6) is 0.171. The fraction of sp³-hybridized carbons (Fsp3) is 0.583. The topological polar surface area (TPSA) is 29.5 Å². The minimum Gasteiger partial charge on any atom is -0.378 e. The Labute approximate surface area is 128 Å². The second-order valence-electron chi connectivity index (χ2n) is 4.27. The second kappa shape index (κ2) is 6.61. The summed E-state index contributed by atoms with van der Waals surface area (Å²) in [6.07, 6.45) is 1.02. The number of morpholine rings is 1. The highest BCUT2D eigenvalue weighted by molar-refractivity contribution is 9.12. The Morgan fingerprint density at radius 1 is 1.61 bits per heavy atom. The maximum absolute atomic E-state index is 12.3. The van der Waals surface area contributed by atoms with Gasteiger partial charge >= 0.3 is 0 Å². The lowest BCUT2D eigenvalue weighted by molar-refractivity contribution is -0.00585. The van der Waals surface area contributed by atoms with E-state index in [2.05, 4.69) is 43.7 Å². The maximum atomic E-state index is 12.3. The number of halogens is 2. The lowest BCUT2D eigenvalue weighted by Gasteiger charge is -2.34. The average Bonchev–Trinajstić information content (AvgIpc) is 2.69. The summed E-state index contributed by atoms with van der Waals surface area (Å²) in [6.45, 7) is 4.90. The van der Waals surface area contributed by atoms with Gasteiger partial charge in [0, 0.05) is 18.2 Å². The van der Waals surface area contributed by atoms with Gasteiger partial charge in [0.05, 0.1) is 27.3 Å². The number of ether oxygens (including phenoxy) is 1. The van der Waals surface area contributed by atoms with Gasteiger partial charge in [0.25, 0.3) is 0 Å². The molecule has 2 rings (SSSR count). The zero-order valence-electron chi connectivity index (χ0n) is 10.1. The summed E-state index contributed by atoms with van der Waals surface area (Å²) in [5, 5.41) is 0. The smallest absolute Gasteiger partial charge is 0.178 e. The molecule has 0 radical (unpaired) electrons. The van der Waals surface area contributed by atoms with Crippen LogP contribution in [0.25, 0.3) is 0 Å². The normalized spacial score (nSPS) is 21.2. The molecular formula is C12H15Br2NO2S. The van der Waals surface area contributed by atoms with Crippen LogP contribution in [0.2, 0.25) is 0 Å². The first-order valence-electron chi connectivity index (χ1n) is 5.91. The van der Waals surface area contributed by atoms with Crippen molar-refractivity contribution < 1.29 is 9.53 Å². The van der Waals surface area contributed by atoms with Crippen LogP contribution in [0.4, 0.5) is 0 Å². The Kier molecular flexibility index (Phi) is 5.38. The molecule has 2 heterocycles. The highest BCUT2D eigenvalue weighted by Gasteiger charge is 2.25. The molecule has 1 atom stereocenters. The van der Waals surface area contributed by atoms with Crippen LogP contribution >= 0.6 is 43.2 Å². The Balaban J connectivity index is 2.04. The summed E-state index contributed by atoms with van der Waals surface area (Å²) in [7, 11) is 0. The largest absolute Gasteiger partial charge is 0.378 e. The summed E-state index contributed by atoms with van der Waals surface area (Å²) in [4.78, 5) is 14.5. The van der Waals surface area contributed by atoms with E-state index in [-0.39, 0.29) is 5.78 Å². The molecule has 1 aliphatic rings. The van der Waals surface area contributed by atoms with Crippen molar-refractivity contribution in [3.63, 3.8) is 0 Å². The van der Waals surface area contributed by atoms with E-state index in [0.717, 1.165) is 39.3 Å². The highest BCUT2D eigenvalue weighted by atomic mass is 79.9. The molecule has 0 bridgehead atoms. The fourth-order valence-electron chi connectivity index (χ4n) is 2.07. The summed E-state index contributed by atoms with van der Waals surface area (Å²) < 4.78 is 7.33. The van der Waals surface area contributed by atoms with Crippen LogP contribution in [0.3, 0.4) is 0 Å². The van der Waals surface area contributed by atoms with Gasteiger partial charge in [-0.05, 0) is 44.3 Å². The predicted octanol–water partition coefficient (Wildman–Crippen LogP) is 3.57. The molecule has 1 saturated heterocycles. The summed E-state index contributed by atoms with van der Waals surface area (Å²) in [5.41, 5.74) is 0.771. The van der Waals surface area contributed by atoms with E-state index in [1.165, 1.54) is 11.3 Å². The van der Waals surface area contributed by atoms with Crippen LogP contribution in [-0.4, -0.2) is 43.0 Å². The van der Waals surface area contributed by atoms with E-state index in [4.69, 9.17) is 4.74 Å². The Morgan fingerprint density at radius 3 is 3.00 bits per heavy atom. The minimum absolute atomic E-state index is 0.171. The SMILES string of the molecule is CCC1COCCN1CC(=O)c1cc(Br)sc1Br. The Hall–Kier alpha value is 0.250. The van der Waals surface area contributed by atoms with E-state index >= 15 is 0 Å². The highest BCUT2D eigenvalue weighted by Crippen LogP contribution is 2.32. The molecule has 1 aromatic rings. The molecule has 0 saturated carbocycles. The van der Waals surface area contributed by atoms with Crippen molar-refractivity contribution in [1.82, 2.24) is 4.90 Å². The van der Waals surface area contributed by atoms with Gasteiger partial charge in [-0.2, -0.15) is 0 Å². The van der Waals surface area contributed by atoms with Crippen LogP contribution in [-0.2, 0) is 4.74 Å². The number of thiophene rings is 1. The number of rotatable bonds is 4. The van der Waals surface area contributed by atoms with Gasteiger partial charge in [-0.3, -0.25) is 9.69 Å². The third kappa shape index (κ3) is 3.42. The maximum Gasteiger partial charge on any atom is 0.178 e. The Bertz CT molecular complexity index is 436. The first kappa shape index (κ1) is 14.7. The van der Waals surface area contributed by atoms with Gasteiger partial charge in [-0.25, -0.2) is 0 Å². The van der Waals surface area contributed by atoms with Gasteiger partial charge < -0.3 is 4.74 Å². The van der Waals surface area contributed by atoms with Crippen LogP contribution in [0.5, 0.6) is 0 Å². The zero-order chi connectivity index (χ0) is 13.1. The van der Waals surface area contributed by atoms with Crippen molar-refractivity contribution in [3.8, 4) is 0 Å². The standard InChI is InChI=1S/C12H15Br2NO2S/c1-2-8-7-17-4-3-15(8)6-10(16)9-5-11(13)18-12(9)14/h5,8H,2-4,6-7H2,1H3. The number of ketones is 1. The van der Waals surface area contributed by atoms with Gasteiger partial charge in [0.2, 0.25) is 0 Å². The summed E-state index contributed by atoms with van der Waals surface area (Å²) in [6, 6.07) is 2.25. The van der Waals surface area contributed by atoms with Crippen molar-refractivity contribution in [2.45, 2.75) is 19.4 Å². The van der Waals surface area contributed by atoms with E-state index in [1.807, 2.05) is 6.07 Å². The van der Waals surface area contributed by atoms with Crippen molar-refractivity contribution in [1.29, 1.82) is 0 Å². The molecule has 0 spiro atoms. The number of Topliss-reactive ketones (excluding diaryl/α,β-unsaturated/α-hetero) is 1. The molecule has 1 aromatic heterocycles. The molecule has 0 N–H and O–H groups in total. The third-order valence-corrected chi connectivity index (χ3v) is 5.46. The summed E-state index contributed by atoms with van der Waals surface area (Å²) >= 11 is 8.38. The molecule has 1 fully saturated rings. The van der Waals surface area contributed by atoms with Crippen LogP contribution in [0, 0.1) is 0 Å². The second-order valence-corrected chi connectivity index (χ2v) is 8.02. The van der Waals surface area contributed by atoms with Gasteiger partial charge in [0.1, 0.15) is 0 Å². The minimum atomic E-state index is 0.171. The lowest BCUT2D eigenvalue weighted by Crippen LogP contribution is -2.47. The average molecular weight is 397 g/mol. The van der Waals surface area contributed by atoms with Crippen molar-refractivity contribution in [2.24, 2.45) is 0 Å². The zero-order valence-corrected chi connectivity index (χ0v) is 14.1. The van der Waals surface area contributed by atoms with Crippen molar-refractivity contribution in [3.05, 3.63) is 19.2 Å². The molecule has 1 aliphatic heterocycles. The molecule has 0 aliphatic carbocycles. The molecule has 0 amide bonds. The lowest BCUT2D eigenvalue weighted by atomic mass is 10.1. The van der Waals surface area contributed by atoms with E-state index < -0.39 is 0 Å². The van der Waals surface area contributed by atoms with Gasteiger partial charge in [0.15, 0.2) is 5.78 Å². The molecular weight excluding hydrogens is 382 g/mol. The van der Waals surface area contributed by atoms with E-state index in [0.29, 0.717) is 12.6 Å². The van der Waals surface area contributed by atoms with Crippen LogP contribution in [0.1, 0.15) is 23.7 Å². The predicted molar refractivity (Wildman–Crippen MR) is 80.5 cm³/mol. The first-order chi connectivity index (χ1) is 8.61. The number of hydrogen-bond donors (Lipinski definition) is 0. The van der Waals surface area contributed by atoms with Gasteiger partial charge in [-0.15, -0.1) is 11.3 Å². The van der Waals surface area contributed by atoms with Crippen molar-refractivity contribution >= 4 is 49.0 Å². The van der Waals surface area contributed by atoms with Crippen LogP contribution < -0.4 is 0 Å². The van der Waals surface area contributed by atoms with Crippen LogP contribution in [0.15, 0.2) is 13.6 Å². The third-order valence-electron chi connectivity index (χ3n) is 3.12. The van der Waals surface area contributed by atoms with Gasteiger partial charge in [-0.1, -0.05) is 6.92 Å². The molecule has 18 heavy (non-hydrogen) atoms. The Morgan fingerprint density at radius 2 is 2.39 bits per heavy atom.